The van der Waals surface area contributed by atoms with Gasteiger partial charge in [0.2, 0.25) is 0 Å². The zero-order chi connectivity index (χ0) is 21.4. The van der Waals surface area contributed by atoms with Crippen LogP contribution in [0.5, 0.6) is 0 Å². The van der Waals surface area contributed by atoms with Gasteiger partial charge in [-0.3, -0.25) is 0 Å². The highest BCUT2D eigenvalue weighted by atomic mass is 31.2. The molecule has 0 N–H and O–H groups in total. The summed E-state index contributed by atoms with van der Waals surface area (Å²) in [5.74, 6) is 0. The van der Waals surface area contributed by atoms with Gasteiger partial charge in [-0.1, -0.05) is 46.5 Å². The lowest BCUT2D eigenvalue weighted by molar-refractivity contribution is 0.0153. The van der Waals surface area contributed by atoms with Crippen molar-refractivity contribution >= 4 is 8.53 Å². The van der Waals surface area contributed by atoms with Crippen LogP contribution < -0.4 is 0 Å². The minimum Gasteiger partial charge on any atom is -0.381 e. The standard InChI is InChI=1S/C22H45N2O3P/c1-8-10-11-12-13-16-25-18-22(7,9-2)19-27-28(26-17-14-15-23)24(20(3)4)21(5)6/h20-21H,8-14,16-19H2,1-7H3. The number of unbranched alkanes of at least 4 members (excludes halogenated alkanes) is 4. The lowest BCUT2D eigenvalue weighted by Gasteiger charge is -2.37. The molecule has 0 aliphatic carbocycles. The number of ether oxygens (including phenoxy) is 1. The molecule has 6 heteroatoms. The predicted octanol–water partition coefficient (Wildman–Crippen LogP) is 6.68. The number of nitriles is 1. The largest absolute Gasteiger partial charge is 0.381 e. The van der Waals surface area contributed by atoms with Gasteiger partial charge in [0, 0.05) is 24.1 Å². The fourth-order valence-corrected chi connectivity index (χ4v) is 4.66. The molecule has 0 aromatic rings. The Morgan fingerprint density at radius 3 is 2.11 bits per heavy atom. The second-order valence-electron chi connectivity index (χ2n) is 8.45. The molecule has 0 heterocycles. The lowest BCUT2D eigenvalue weighted by atomic mass is 9.90. The topological polar surface area (TPSA) is 54.7 Å². The fraction of sp³-hybridized carbons (Fsp3) is 0.955. The second-order valence-corrected chi connectivity index (χ2v) is 9.91. The van der Waals surface area contributed by atoms with E-state index in [1.807, 2.05) is 0 Å². The predicted molar refractivity (Wildman–Crippen MR) is 119 cm³/mol. The number of hydrogen-bond donors (Lipinski definition) is 0. The maximum Gasteiger partial charge on any atom is 0.259 e. The molecule has 5 nitrogen and oxygen atoms in total. The van der Waals surface area contributed by atoms with Gasteiger partial charge in [0.1, 0.15) is 0 Å². The molecule has 0 aromatic heterocycles. The maximum absolute atomic E-state index is 8.83. The summed E-state index contributed by atoms with van der Waals surface area (Å²) < 4.78 is 20.6. The molecule has 0 saturated heterocycles. The summed E-state index contributed by atoms with van der Waals surface area (Å²) in [6.07, 6.45) is 7.67. The SMILES string of the molecule is CCCCCCCOCC(C)(CC)COP(OCCC#N)N(C(C)C)C(C)C. The molecule has 0 amide bonds. The first-order chi connectivity index (χ1) is 13.3. The van der Waals surface area contributed by atoms with Gasteiger partial charge in [0.15, 0.2) is 0 Å². The monoisotopic (exact) mass is 416 g/mol. The van der Waals surface area contributed by atoms with Gasteiger partial charge in [-0.15, -0.1) is 0 Å². The molecule has 0 spiro atoms. The van der Waals surface area contributed by atoms with Crippen LogP contribution in [0.4, 0.5) is 0 Å². The Balaban J connectivity index is 4.62. The summed E-state index contributed by atoms with van der Waals surface area (Å²) in [7, 11) is -1.19. The summed E-state index contributed by atoms with van der Waals surface area (Å²) in [5, 5.41) is 8.83. The Kier molecular flexibility index (Phi) is 16.4. The van der Waals surface area contributed by atoms with Crippen LogP contribution in [0.25, 0.3) is 0 Å². The fourth-order valence-electron chi connectivity index (χ4n) is 2.90. The van der Waals surface area contributed by atoms with E-state index in [2.05, 4.69) is 59.2 Å². The van der Waals surface area contributed by atoms with Crippen molar-refractivity contribution in [2.75, 3.05) is 26.4 Å². The maximum atomic E-state index is 8.83. The molecule has 0 bridgehead atoms. The highest BCUT2D eigenvalue weighted by molar-refractivity contribution is 7.44. The molecule has 2 atom stereocenters. The summed E-state index contributed by atoms with van der Waals surface area (Å²) in [5.41, 5.74) is -0.0256. The van der Waals surface area contributed by atoms with E-state index in [1.165, 1.54) is 25.7 Å². The number of rotatable bonds is 18. The van der Waals surface area contributed by atoms with Crippen LogP contribution in [0.1, 0.15) is 93.4 Å². The quantitative estimate of drug-likeness (QED) is 0.184. The van der Waals surface area contributed by atoms with Crippen LogP contribution in [0.2, 0.25) is 0 Å². The Morgan fingerprint density at radius 1 is 0.929 bits per heavy atom. The Morgan fingerprint density at radius 2 is 1.57 bits per heavy atom. The molecule has 28 heavy (non-hydrogen) atoms. The van der Waals surface area contributed by atoms with E-state index in [0.717, 1.165) is 19.4 Å². The molecular formula is C22H45N2O3P. The molecule has 0 rings (SSSR count). The van der Waals surface area contributed by atoms with Crippen molar-refractivity contribution < 1.29 is 13.8 Å². The minimum atomic E-state index is -1.19. The average Bonchev–Trinajstić information content (AvgIpc) is 2.64. The van der Waals surface area contributed by atoms with Gasteiger partial charge in [-0.2, -0.15) is 5.26 Å². The smallest absolute Gasteiger partial charge is 0.259 e. The second kappa shape index (κ2) is 16.5. The zero-order valence-corrected chi connectivity index (χ0v) is 20.4. The molecule has 0 fully saturated rings. The van der Waals surface area contributed by atoms with Crippen LogP contribution in [0.3, 0.4) is 0 Å². The van der Waals surface area contributed by atoms with E-state index in [9.17, 15) is 0 Å². The van der Waals surface area contributed by atoms with Crippen molar-refractivity contribution in [1.82, 2.24) is 4.67 Å². The van der Waals surface area contributed by atoms with Gasteiger partial charge in [-0.25, -0.2) is 4.67 Å². The van der Waals surface area contributed by atoms with E-state index in [1.54, 1.807) is 0 Å². The third kappa shape index (κ3) is 12.3. The van der Waals surface area contributed by atoms with Crippen molar-refractivity contribution in [3.63, 3.8) is 0 Å². The Hall–Kier alpha value is -0.240. The normalized spacial score (nSPS) is 15.2. The molecule has 0 aliphatic heterocycles. The zero-order valence-electron chi connectivity index (χ0n) is 19.5. The van der Waals surface area contributed by atoms with Gasteiger partial charge in [0.25, 0.3) is 8.53 Å². The van der Waals surface area contributed by atoms with E-state index < -0.39 is 8.53 Å². The molecular weight excluding hydrogens is 371 g/mol. The van der Waals surface area contributed by atoms with Crippen LogP contribution in [-0.2, 0) is 13.8 Å². The Labute approximate surface area is 176 Å². The highest BCUT2D eigenvalue weighted by Crippen LogP contribution is 2.47. The van der Waals surface area contributed by atoms with Crippen LogP contribution in [-0.4, -0.2) is 43.2 Å². The first-order valence-corrected chi connectivity index (χ1v) is 12.2. The third-order valence-corrected chi connectivity index (χ3v) is 6.94. The lowest BCUT2D eigenvalue weighted by Crippen LogP contribution is -2.35. The van der Waals surface area contributed by atoms with E-state index in [-0.39, 0.29) is 5.41 Å². The van der Waals surface area contributed by atoms with E-state index in [0.29, 0.717) is 38.3 Å². The summed E-state index contributed by atoms with van der Waals surface area (Å²) in [4.78, 5) is 0. The number of hydrogen-bond acceptors (Lipinski definition) is 5. The van der Waals surface area contributed by atoms with Crippen molar-refractivity contribution in [3.8, 4) is 6.07 Å². The van der Waals surface area contributed by atoms with Crippen molar-refractivity contribution in [3.05, 3.63) is 0 Å². The third-order valence-electron chi connectivity index (χ3n) is 4.88. The van der Waals surface area contributed by atoms with Gasteiger partial charge in [0.05, 0.1) is 32.3 Å². The van der Waals surface area contributed by atoms with Crippen LogP contribution in [0.15, 0.2) is 0 Å². The van der Waals surface area contributed by atoms with Crippen molar-refractivity contribution in [2.24, 2.45) is 5.41 Å². The summed E-state index contributed by atoms with van der Waals surface area (Å²) in [6.45, 7) is 17.8. The number of nitrogens with zero attached hydrogens (tertiary/aromatic N) is 2. The molecule has 0 saturated carbocycles. The van der Waals surface area contributed by atoms with Crippen LogP contribution in [0, 0.1) is 16.7 Å². The van der Waals surface area contributed by atoms with Crippen molar-refractivity contribution in [1.29, 1.82) is 5.26 Å². The minimum absolute atomic E-state index is 0.0256. The van der Waals surface area contributed by atoms with Gasteiger partial charge < -0.3 is 13.8 Å². The summed E-state index contributed by atoms with van der Waals surface area (Å²) in [6, 6.07) is 2.79. The van der Waals surface area contributed by atoms with E-state index in [4.69, 9.17) is 19.0 Å². The molecule has 166 valence electrons. The highest BCUT2D eigenvalue weighted by Gasteiger charge is 2.31. The molecule has 0 aliphatic rings. The summed E-state index contributed by atoms with van der Waals surface area (Å²) >= 11 is 0. The van der Waals surface area contributed by atoms with Gasteiger partial charge in [-0.05, 0) is 40.5 Å². The van der Waals surface area contributed by atoms with Gasteiger partial charge >= 0.3 is 0 Å². The molecule has 0 radical (unpaired) electrons. The molecule has 2 unspecified atom stereocenters. The average molecular weight is 417 g/mol. The van der Waals surface area contributed by atoms with E-state index >= 15 is 0 Å². The molecule has 0 aromatic carbocycles. The first kappa shape index (κ1) is 27.8. The van der Waals surface area contributed by atoms with Crippen LogP contribution >= 0.6 is 8.53 Å². The first-order valence-electron chi connectivity index (χ1n) is 11.1. The van der Waals surface area contributed by atoms with Crippen molar-refractivity contribution in [2.45, 2.75) is 105 Å². The Bertz CT molecular complexity index is 407.